The molecule has 1 aromatic heterocycles. The van der Waals surface area contributed by atoms with Crippen LogP contribution >= 0.6 is 11.3 Å². The summed E-state index contributed by atoms with van der Waals surface area (Å²) in [4.78, 5) is 20.1. The molecule has 2 aromatic rings. The molecule has 0 bridgehead atoms. The third-order valence-electron chi connectivity index (χ3n) is 4.40. The molecule has 0 spiro atoms. The lowest BCUT2D eigenvalue weighted by molar-refractivity contribution is -0.137. The number of hydrogen-bond donors (Lipinski definition) is 0. The van der Waals surface area contributed by atoms with Crippen LogP contribution in [0.2, 0.25) is 0 Å². The average Bonchev–Trinajstić information content (AvgIpc) is 2.92. The highest BCUT2D eigenvalue weighted by molar-refractivity contribution is 7.11. The van der Waals surface area contributed by atoms with Crippen LogP contribution in [-0.2, 0) is 22.4 Å². The quantitative estimate of drug-likeness (QED) is 0.823. The van der Waals surface area contributed by atoms with E-state index in [1.54, 1.807) is 18.4 Å². The van der Waals surface area contributed by atoms with Crippen LogP contribution in [0.5, 0.6) is 5.75 Å². The van der Waals surface area contributed by atoms with Crippen LogP contribution < -0.4 is 4.74 Å². The molecule has 1 aliphatic heterocycles. The van der Waals surface area contributed by atoms with Crippen molar-refractivity contribution in [3.8, 4) is 5.75 Å². The van der Waals surface area contributed by atoms with Crippen LogP contribution in [0, 0.1) is 13.8 Å². The standard InChI is InChI=1S/C19H24N2O3S/c1-13-18(25-14(2)20-13)11-19(22)21-7-8-24-17(12-21)10-15-5-4-6-16(9-15)23-3/h4-6,9,17H,7-8,10-12H2,1-3H3. The minimum atomic E-state index is 0.0223. The Bertz CT molecular complexity index is 744. The summed E-state index contributed by atoms with van der Waals surface area (Å²) < 4.78 is 11.1. The number of carbonyl (C=O) groups excluding carboxylic acids is 1. The summed E-state index contributed by atoms with van der Waals surface area (Å²) in [6.07, 6.45) is 1.23. The molecule has 1 unspecified atom stereocenters. The molecule has 1 saturated heterocycles. The number of aromatic nitrogens is 1. The van der Waals surface area contributed by atoms with Crippen molar-refractivity contribution in [2.75, 3.05) is 26.8 Å². The molecule has 134 valence electrons. The van der Waals surface area contributed by atoms with E-state index < -0.39 is 0 Å². The molecule has 2 heterocycles. The zero-order valence-corrected chi connectivity index (χ0v) is 15.8. The maximum Gasteiger partial charge on any atom is 0.228 e. The number of ether oxygens (including phenoxy) is 2. The lowest BCUT2D eigenvalue weighted by Gasteiger charge is -2.33. The number of aryl methyl sites for hydroxylation is 2. The van der Waals surface area contributed by atoms with Gasteiger partial charge in [-0.05, 0) is 31.5 Å². The summed E-state index contributed by atoms with van der Waals surface area (Å²) in [6.45, 7) is 5.82. The van der Waals surface area contributed by atoms with E-state index in [9.17, 15) is 4.79 Å². The molecule has 0 saturated carbocycles. The predicted molar refractivity (Wildman–Crippen MR) is 98.3 cm³/mol. The van der Waals surface area contributed by atoms with Gasteiger partial charge >= 0.3 is 0 Å². The molecule has 1 amide bonds. The third kappa shape index (κ3) is 4.58. The topological polar surface area (TPSA) is 51.7 Å². The molecule has 3 rings (SSSR count). The van der Waals surface area contributed by atoms with Gasteiger partial charge in [-0.1, -0.05) is 12.1 Å². The summed E-state index contributed by atoms with van der Waals surface area (Å²) in [6, 6.07) is 8.00. The Morgan fingerprint density at radius 3 is 3.00 bits per heavy atom. The lowest BCUT2D eigenvalue weighted by atomic mass is 10.1. The third-order valence-corrected chi connectivity index (χ3v) is 5.47. The smallest absolute Gasteiger partial charge is 0.228 e. The number of carbonyl (C=O) groups is 1. The molecule has 5 nitrogen and oxygen atoms in total. The second-order valence-electron chi connectivity index (χ2n) is 6.31. The Hall–Kier alpha value is -1.92. The maximum atomic E-state index is 12.7. The minimum absolute atomic E-state index is 0.0223. The number of methoxy groups -OCH3 is 1. The van der Waals surface area contributed by atoms with Crippen LogP contribution in [0.4, 0.5) is 0 Å². The van der Waals surface area contributed by atoms with Gasteiger partial charge in [0.25, 0.3) is 0 Å². The van der Waals surface area contributed by atoms with Crippen molar-refractivity contribution in [3.05, 3.63) is 45.4 Å². The summed E-state index contributed by atoms with van der Waals surface area (Å²) in [7, 11) is 1.67. The van der Waals surface area contributed by atoms with Gasteiger partial charge < -0.3 is 14.4 Å². The van der Waals surface area contributed by atoms with Gasteiger partial charge in [0.15, 0.2) is 0 Å². The zero-order chi connectivity index (χ0) is 17.8. The predicted octanol–water partition coefficient (Wildman–Crippen LogP) is 2.78. The highest BCUT2D eigenvalue weighted by Crippen LogP contribution is 2.20. The van der Waals surface area contributed by atoms with Crippen LogP contribution in [0.1, 0.15) is 21.1 Å². The molecule has 1 aliphatic rings. The minimum Gasteiger partial charge on any atom is -0.497 e. The van der Waals surface area contributed by atoms with Crippen molar-refractivity contribution < 1.29 is 14.3 Å². The second kappa shape index (κ2) is 7.97. The largest absolute Gasteiger partial charge is 0.497 e. The van der Waals surface area contributed by atoms with Crippen molar-refractivity contribution in [2.45, 2.75) is 32.8 Å². The average molecular weight is 360 g/mol. The van der Waals surface area contributed by atoms with E-state index in [4.69, 9.17) is 9.47 Å². The molecular weight excluding hydrogens is 336 g/mol. The molecule has 1 atom stereocenters. The molecule has 0 radical (unpaired) electrons. The lowest BCUT2D eigenvalue weighted by Crippen LogP contribution is -2.46. The van der Waals surface area contributed by atoms with Gasteiger partial charge in [-0.25, -0.2) is 4.98 Å². The van der Waals surface area contributed by atoms with Gasteiger partial charge in [0, 0.05) is 24.4 Å². The molecular formula is C19H24N2O3S. The Morgan fingerprint density at radius 2 is 2.28 bits per heavy atom. The van der Waals surface area contributed by atoms with Crippen LogP contribution in [0.3, 0.4) is 0 Å². The van der Waals surface area contributed by atoms with Gasteiger partial charge in [0.05, 0.1) is 36.9 Å². The van der Waals surface area contributed by atoms with E-state index in [1.165, 1.54) is 0 Å². The molecule has 25 heavy (non-hydrogen) atoms. The van der Waals surface area contributed by atoms with Crippen LogP contribution in [0.25, 0.3) is 0 Å². The zero-order valence-electron chi connectivity index (χ0n) is 14.9. The first kappa shape index (κ1) is 17.9. The fourth-order valence-electron chi connectivity index (χ4n) is 3.12. The van der Waals surface area contributed by atoms with E-state index in [1.807, 2.05) is 36.9 Å². The Morgan fingerprint density at radius 1 is 1.44 bits per heavy atom. The van der Waals surface area contributed by atoms with Gasteiger partial charge in [-0.2, -0.15) is 0 Å². The SMILES string of the molecule is COc1cccc(CC2CN(C(=O)Cc3sc(C)nc3C)CCO2)c1. The first-order valence-electron chi connectivity index (χ1n) is 8.50. The van der Waals surface area contributed by atoms with Crippen molar-refractivity contribution in [1.29, 1.82) is 0 Å². The Labute approximate surface area is 152 Å². The van der Waals surface area contributed by atoms with Gasteiger partial charge in [0.2, 0.25) is 5.91 Å². The first-order chi connectivity index (χ1) is 12.0. The summed E-state index contributed by atoms with van der Waals surface area (Å²) >= 11 is 1.61. The number of rotatable bonds is 5. The van der Waals surface area contributed by atoms with Crippen molar-refractivity contribution in [1.82, 2.24) is 9.88 Å². The second-order valence-corrected chi connectivity index (χ2v) is 7.59. The number of hydrogen-bond acceptors (Lipinski definition) is 5. The Balaban J connectivity index is 1.60. The van der Waals surface area contributed by atoms with E-state index >= 15 is 0 Å². The number of nitrogens with zero attached hydrogens (tertiary/aromatic N) is 2. The molecule has 0 aliphatic carbocycles. The fraction of sp³-hybridized carbons (Fsp3) is 0.474. The summed E-state index contributed by atoms with van der Waals surface area (Å²) in [5, 5.41) is 1.01. The van der Waals surface area contributed by atoms with Gasteiger partial charge in [0.1, 0.15) is 5.75 Å². The highest BCUT2D eigenvalue weighted by Gasteiger charge is 2.25. The van der Waals surface area contributed by atoms with E-state index in [0.717, 1.165) is 33.3 Å². The number of morpholine rings is 1. The van der Waals surface area contributed by atoms with Crippen molar-refractivity contribution in [2.24, 2.45) is 0 Å². The first-order valence-corrected chi connectivity index (χ1v) is 9.32. The summed E-state index contributed by atoms with van der Waals surface area (Å²) in [5.74, 6) is 1.00. The van der Waals surface area contributed by atoms with Crippen molar-refractivity contribution >= 4 is 17.2 Å². The van der Waals surface area contributed by atoms with E-state index in [-0.39, 0.29) is 12.0 Å². The highest BCUT2D eigenvalue weighted by atomic mass is 32.1. The number of amides is 1. The number of benzene rings is 1. The Kier molecular flexibility index (Phi) is 5.71. The van der Waals surface area contributed by atoms with Gasteiger partial charge in [-0.15, -0.1) is 11.3 Å². The molecule has 1 aromatic carbocycles. The van der Waals surface area contributed by atoms with Gasteiger partial charge in [-0.3, -0.25) is 4.79 Å². The molecule has 6 heteroatoms. The molecule has 1 fully saturated rings. The van der Waals surface area contributed by atoms with E-state index in [0.29, 0.717) is 26.1 Å². The maximum absolute atomic E-state index is 12.7. The van der Waals surface area contributed by atoms with E-state index in [2.05, 4.69) is 11.1 Å². The normalized spacial score (nSPS) is 17.6. The summed E-state index contributed by atoms with van der Waals surface area (Å²) in [5.41, 5.74) is 2.13. The van der Waals surface area contributed by atoms with Crippen molar-refractivity contribution in [3.63, 3.8) is 0 Å². The monoisotopic (exact) mass is 360 g/mol. The molecule has 0 N–H and O–H groups in total. The fourth-order valence-corrected chi connectivity index (χ4v) is 4.05. The van der Waals surface area contributed by atoms with Crippen LogP contribution in [-0.4, -0.2) is 48.7 Å². The van der Waals surface area contributed by atoms with Crippen LogP contribution in [0.15, 0.2) is 24.3 Å². The number of thiazole rings is 1.